The number of hydrogen-bond donors (Lipinski definition) is 2. The standard InChI is InChI=1S/C19H22FN3O3/c1-10(2)15(19(25)26)21-18(24)16-12-7-5-9-14(12)23(22-16)17-11(3)6-4-8-13(17)20/h4,6,8,10,15H,5,7,9H2,1-3H3,(H,21,24)(H,25,26)/t15-/m1/s1. The van der Waals surface area contributed by atoms with Gasteiger partial charge in [0, 0.05) is 11.3 Å². The van der Waals surface area contributed by atoms with Crippen molar-refractivity contribution < 1.29 is 19.1 Å². The van der Waals surface area contributed by atoms with E-state index in [2.05, 4.69) is 10.4 Å². The maximum absolute atomic E-state index is 14.4. The summed E-state index contributed by atoms with van der Waals surface area (Å²) in [5.41, 5.74) is 2.84. The SMILES string of the molecule is Cc1cccc(F)c1-n1nc(C(=O)N[C@@H](C(=O)O)C(C)C)c2c1CCC2. The Hall–Kier alpha value is -2.70. The van der Waals surface area contributed by atoms with Crippen LogP contribution in [0.25, 0.3) is 5.69 Å². The molecule has 1 heterocycles. The van der Waals surface area contributed by atoms with E-state index < -0.39 is 23.7 Å². The molecule has 0 saturated heterocycles. The predicted octanol–water partition coefficient (Wildman–Crippen LogP) is 2.65. The number of carboxylic acids is 1. The van der Waals surface area contributed by atoms with Crippen molar-refractivity contribution in [1.82, 2.24) is 15.1 Å². The number of hydrogen-bond acceptors (Lipinski definition) is 3. The third-order valence-corrected chi connectivity index (χ3v) is 4.76. The molecule has 1 amide bonds. The highest BCUT2D eigenvalue weighted by Gasteiger charge is 2.31. The molecule has 1 atom stereocenters. The van der Waals surface area contributed by atoms with Crippen LogP contribution in [0.4, 0.5) is 4.39 Å². The van der Waals surface area contributed by atoms with Gasteiger partial charge in [0.15, 0.2) is 5.69 Å². The summed E-state index contributed by atoms with van der Waals surface area (Å²) in [7, 11) is 0. The zero-order valence-electron chi connectivity index (χ0n) is 15.0. The maximum Gasteiger partial charge on any atom is 0.326 e. The van der Waals surface area contributed by atoms with Crippen LogP contribution in [0.5, 0.6) is 0 Å². The van der Waals surface area contributed by atoms with Gasteiger partial charge in [0.25, 0.3) is 5.91 Å². The van der Waals surface area contributed by atoms with Crippen LogP contribution in [0.15, 0.2) is 18.2 Å². The lowest BCUT2D eigenvalue weighted by atomic mass is 10.0. The lowest BCUT2D eigenvalue weighted by Gasteiger charge is -2.17. The third kappa shape index (κ3) is 3.09. The number of aromatic nitrogens is 2. The number of halogens is 1. The number of carbonyl (C=O) groups excluding carboxylic acids is 1. The number of amides is 1. The molecule has 1 aliphatic rings. The average Bonchev–Trinajstić information content (AvgIpc) is 3.15. The number of para-hydroxylation sites is 1. The van der Waals surface area contributed by atoms with Crippen molar-refractivity contribution in [3.8, 4) is 5.69 Å². The van der Waals surface area contributed by atoms with Gasteiger partial charge in [0.1, 0.15) is 17.5 Å². The summed E-state index contributed by atoms with van der Waals surface area (Å²) in [6, 6.07) is 3.79. The van der Waals surface area contributed by atoms with Crippen LogP contribution in [-0.2, 0) is 17.6 Å². The molecule has 138 valence electrons. The minimum atomic E-state index is -1.09. The van der Waals surface area contributed by atoms with E-state index in [1.54, 1.807) is 32.9 Å². The highest BCUT2D eigenvalue weighted by atomic mass is 19.1. The molecule has 26 heavy (non-hydrogen) atoms. The Bertz CT molecular complexity index is 853. The molecular weight excluding hydrogens is 337 g/mol. The summed E-state index contributed by atoms with van der Waals surface area (Å²) in [6.07, 6.45) is 2.23. The van der Waals surface area contributed by atoms with Gasteiger partial charge in [-0.2, -0.15) is 5.10 Å². The van der Waals surface area contributed by atoms with Crippen molar-refractivity contribution in [3.05, 3.63) is 46.5 Å². The van der Waals surface area contributed by atoms with E-state index >= 15 is 0 Å². The first-order valence-electron chi connectivity index (χ1n) is 8.71. The van der Waals surface area contributed by atoms with Crippen molar-refractivity contribution in [2.75, 3.05) is 0 Å². The average molecular weight is 359 g/mol. The number of aliphatic carboxylic acids is 1. The van der Waals surface area contributed by atoms with Crippen molar-refractivity contribution in [2.45, 2.75) is 46.1 Å². The van der Waals surface area contributed by atoms with Crippen LogP contribution in [0.3, 0.4) is 0 Å². The van der Waals surface area contributed by atoms with Gasteiger partial charge in [0.05, 0.1) is 0 Å². The molecule has 1 aromatic heterocycles. The van der Waals surface area contributed by atoms with Gasteiger partial charge in [-0.05, 0) is 43.7 Å². The molecule has 3 rings (SSSR count). The fraction of sp³-hybridized carbons (Fsp3) is 0.421. The third-order valence-electron chi connectivity index (χ3n) is 4.76. The van der Waals surface area contributed by atoms with Gasteiger partial charge in [0.2, 0.25) is 0 Å². The zero-order valence-corrected chi connectivity index (χ0v) is 15.0. The van der Waals surface area contributed by atoms with Crippen molar-refractivity contribution in [1.29, 1.82) is 0 Å². The summed E-state index contributed by atoms with van der Waals surface area (Å²) in [5, 5.41) is 16.2. The molecule has 0 spiro atoms. The van der Waals surface area contributed by atoms with E-state index in [1.807, 2.05) is 0 Å². The molecule has 0 saturated carbocycles. The van der Waals surface area contributed by atoms with E-state index in [0.717, 1.165) is 23.2 Å². The van der Waals surface area contributed by atoms with Gasteiger partial charge < -0.3 is 10.4 Å². The van der Waals surface area contributed by atoms with Crippen LogP contribution >= 0.6 is 0 Å². The second kappa shape index (κ2) is 6.90. The smallest absolute Gasteiger partial charge is 0.326 e. The van der Waals surface area contributed by atoms with Crippen LogP contribution < -0.4 is 5.32 Å². The number of carboxylic acid groups (broad SMARTS) is 1. The van der Waals surface area contributed by atoms with Gasteiger partial charge in [-0.3, -0.25) is 4.79 Å². The van der Waals surface area contributed by atoms with Gasteiger partial charge in [-0.15, -0.1) is 0 Å². The van der Waals surface area contributed by atoms with Crippen LogP contribution in [0.2, 0.25) is 0 Å². The molecule has 1 aliphatic carbocycles. The fourth-order valence-corrected chi connectivity index (χ4v) is 3.42. The Labute approximate surface area is 151 Å². The van der Waals surface area contributed by atoms with E-state index in [0.29, 0.717) is 18.5 Å². The molecule has 6 nitrogen and oxygen atoms in total. The number of aryl methyl sites for hydroxylation is 1. The molecular formula is C19H22FN3O3. The molecule has 2 aromatic rings. The number of benzene rings is 1. The first-order valence-corrected chi connectivity index (χ1v) is 8.71. The number of fused-ring (bicyclic) bond motifs is 1. The fourth-order valence-electron chi connectivity index (χ4n) is 3.42. The lowest BCUT2D eigenvalue weighted by Crippen LogP contribution is -2.44. The van der Waals surface area contributed by atoms with E-state index in [-0.39, 0.29) is 11.6 Å². The monoisotopic (exact) mass is 359 g/mol. The number of nitrogens with one attached hydrogen (secondary N) is 1. The van der Waals surface area contributed by atoms with E-state index in [1.165, 1.54) is 10.7 Å². The number of rotatable bonds is 5. The van der Waals surface area contributed by atoms with Gasteiger partial charge in [-0.1, -0.05) is 26.0 Å². The summed E-state index contributed by atoms with van der Waals surface area (Å²) >= 11 is 0. The Balaban J connectivity index is 2.03. The largest absolute Gasteiger partial charge is 0.480 e. The maximum atomic E-state index is 14.4. The molecule has 1 aromatic carbocycles. The highest BCUT2D eigenvalue weighted by Crippen LogP contribution is 2.30. The van der Waals surface area contributed by atoms with Crippen LogP contribution in [0, 0.1) is 18.7 Å². The molecule has 0 unspecified atom stereocenters. The molecule has 0 radical (unpaired) electrons. The van der Waals surface area contributed by atoms with Crippen molar-refractivity contribution in [2.24, 2.45) is 5.92 Å². The minimum absolute atomic E-state index is 0.187. The summed E-state index contributed by atoms with van der Waals surface area (Å²) < 4.78 is 15.9. The topological polar surface area (TPSA) is 84.2 Å². The van der Waals surface area contributed by atoms with E-state index in [9.17, 15) is 19.1 Å². The molecule has 2 N–H and O–H groups in total. The molecule has 0 fully saturated rings. The lowest BCUT2D eigenvalue weighted by molar-refractivity contribution is -0.140. The molecule has 0 aliphatic heterocycles. The quantitative estimate of drug-likeness (QED) is 0.860. The Morgan fingerprint density at radius 1 is 1.31 bits per heavy atom. The highest BCUT2D eigenvalue weighted by molar-refractivity contribution is 5.96. The summed E-state index contributed by atoms with van der Waals surface area (Å²) in [4.78, 5) is 24.1. The summed E-state index contributed by atoms with van der Waals surface area (Å²) in [6.45, 7) is 5.25. The Kier molecular flexibility index (Phi) is 4.80. The van der Waals surface area contributed by atoms with Gasteiger partial charge >= 0.3 is 5.97 Å². The normalized spacial score (nSPS) is 14.3. The van der Waals surface area contributed by atoms with Gasteiger partial charge in [-0.25, -0.2) is 13.9 Å². The second-order valence-corrected chi connectivity index (χ2v) is 6.98. The van der Waals surface area contributed by atoms with E-state index in [4.69, 9.17) is 0 Å². The van der Waals surface area contributed by atoms with Crippen molar-refractivity contribution >= 4 is 11.9 Å². The Morgan fingerprint density at radius 2 is 2.04 bits per heavy atom. The van der Waals surface area contributed by atoms with Crippen LogP contribution in [-0.4, -0.2) is 32.8 Å². The second-order valence-electron chi connectivity index (χ2n) is 6.98. The first kappa shape index (κ1) is 18.1. The zero-order chi connectivity index (χ0) is 19.0. The Morgan fingerprint density at radius 3 is 2.65 bits per heavy atom. The molecule has 7 heteroatoms. The number of nitrogens with zero attached hydrogens (tertiary/aromatic N) is 2. The summed E-state index contributed by atoms with van der Waals surface area (Å²) in [5.74, 6) is -2.29. The first-order chi connectivity index (χ1) is 12.3. The number of carbonyl (C=O) groups is 2. The van der Waals surface area contributed by atoms with Crippen LogP contribution in [0.1, 0.15) is 47.6 Å². The van der Waals surface area contributed by atoms with Crippen molar-refractivity contribution in [3.63, 3.8) is 0 Å². The predicted molar refractivity (Wildman–Crippen MR) is 94.0 cm³/mol. The molecule has 0 bridgehead atoms. The minimum Gasteiger partial charge on any atom is -0.480 e.